The molecule has 3 aliphatic heterocycles. The molecule has 16 atom stereocenters. The van der Waals surface area contributed by atoms with Crippen molar-refractivity contribution in [3.63, 3.8) is 0 Å². The molecule has 0 bridgehead atoms. The average molecular weight is 1720 g/mol. The largest absolute Gasteiger partial charge is 0.463 e. The summed E-state index contributed by atoms with van der Waals surface area (Å²) in [5.41, 5.74) is 0.785. The number of benzene rings is 1. The molecule has 1 aromatic rings. The van der Waals surface area contributed by atoms with Gasteiger partial charge in [0.2, 0.25) is 47.3 Å². The summed E-state index contributed by atoms with van der Waals surface area (Å²) in [4.78, 5) is 274. The highest BCUT2D eigenvalue weighted by Gasteiger charge is 2.56. The Hall–Kier alpha value is -11.4. The van der Waals surface area contributed by atoms with E-state index in [0.29, 0.717) is 19.3 Å². The van der Waals surface area contributed by atoms with E-state index in [2.05, 4.69) is 37.2 Å². The SMILES string of the molecule is CC(=O)NC1C(C(=O)CCCC(=O)NCCN(CCNC(=O)CCCC(=O)C2OC(COC(C)=O)C(OC(C)=O)C(OC(C)=O)C2NC(C)=O)C(=O)CC[C@H](NC(=O)CCCC(=O)C2OC(COC(C)=O)C(OC(C)=O)C(OC(C)=O)C2NC(C)=O)C(=O)NCCCCCC(=O)OCc2ccccc2)OC(COC(C)=O)C(OC(C)=O)C1OC(C)=O. The summed E-state index contributed by atoms with van der Waals surface area (Å²) < 4.78 is 71.6. The molecule has 7 N–H and O–H groups in total. The lowest BCUT2D eigenvalue weighted by molar-refractivity contribution is -0.222. The minimum absolute atomic E-state index is 0.0138. The van der Waals surface area contributed by atoms with Crippen molar-refractivity contribution in [1.29, 1.82) is 0 Å². The number of rotatable bonds is 49. The number of unbranched alkanes of at least 4 members (excludes halogenated alkanes) is 2. The molecule has 0 radical (unpaired) electrons. The molecule has 0 saturated carbocycles. The average Bonchev–Trinajstić information content (AvgIpc) is 0.789. The molecule has 3 aliphatic rings. The van der Waals surface area contributed by atoms with E-state index >= 15 is 0 Å². The standard InChI is InChI=1S/C79H112N8O34/c1-42(88)83-67-70(119-59(39-109-45(4)91)73(113-48(7)94)76(67)116-51(10)97)56(100)24-19-27-62(103)80-34-36-87(37-35-81-63(104)28-20-25-57(101)71-68(84-43(2)89)77(117-52(11)98)74(114-49(8)95)60(120-71)40-110-46(5)92)65(106)32-31-55(79(108)82-33-18-14-17-30-66(107)112-38-54-22-15-13-16-23-54)86-64(105)29-21-26-58(102)72-69(85-44(3)90)78(118-53(12)99)75(115-50(9)96)61(121-72)41-111-47(6)93/h13,15-16,22-23,55,59-61,67-78H,14,17-21,24-41H2,1-12H3,(H,80,103)(H,81,104)(H,82,108)(H,83,88)(H,84,89)(H,85,90)(H,86,105)/t55-,59?,60?,61?,67?,68?,69?,70?,71?,72?,73?,74?,75?,76?,77?,78?/m0/s1. The van der Waals surface area contributed by atoms with Gasteiger partial charge in [0.25, 0.3) is 0 Å². The van der Waals surface area contributed by atoms with E-state index in [-0.39, 0.29) is 77.9 Å². The Morgan fingerprint density at radius 2 is 0.702 bits per heavy atom. The molecule has 15 unspecified atom stereocenters. The molecule has 3 fully saturated rings. The molecule has 672 valence electrons. The number of amides is 8. The fourth-order valence-electron chi connectivity index (χ4n) is 13.4. The number of hydrogen-bond acceptors (Lipinski definition) is 34. The van der Waals surface area contributed by atoms with Gasteiger partial charge in [0, 0.05) is 167 Å². The number of Topliss-reactive ketones (excluding diaryl/α,β-unsaturated/α-hetero) is 3. The summed E-state index contributed by atoms with van der Waals surface area (Å²) in [6.07, 6.45) is -21.1. The van der Waals surface area contributed by atoms with Crippen LogP contribution < -0.4 is 37.2 Å². The smallest absolute Gasteiger partial charge is 0.306 e. The van der Waals surface area contributed by atoms with E-state index in [4.69, 9.17) is 61.6 Å². The first-order valence-corrected chi connectivity index (χ1v) is 39.5. The molecule has 3 saturated heterocycles. The molecule has 8 amide bonds. The molecule has 3 heterocycles. The predicted molar refractivity (Wildman–Crippen MR) is 410 cm³/mol. The molecule has 0 aromatic heterocycles. The zero-order valence-corrected chi connectivity index (χ0v) is 69.9. The molecule has 42 nitrogen and oxygen atoms in total. The second-order valence-corrected chi connectivity index (χ2v) is 28.8. The van der Waals surface area contributed by atoms with E-state index in [1.54, 1.807) is 24.3 Å². The molecule has 0 spiro atoms. The van der Waals surface area contributed by atoms with Crippen LogP contribution in [0, 0.1) is 0 Å². The van der Waals surface area contributed by atoms with Crippen molar-refractivity contribution in [2.75, 3.05) is 52.5 Å². The third kappa shape index (κ3) is 37.8. The molecule has 0 aliphatic carbocycles. The first-order valence-electron chi connectivity index (χ1n) is 39.5. The number of esters is 10. The quantitative estimate of drug-likeness (QED) is 0.0235. The highest BCUT2D eigenvalue weighted by atomic mass is 16.7. The summed E-state index contributed by atoms with van der Waals surface area (Å²) in [7, 11) is 0. The predicted octanol–water partition coefficient (Wildman–Crippen LogP) is -0.954. The van der Waals surface area contributed by atoms with Crippen LogP contribution in [-0.2, 0) is 169 Å². The van der Waals surface area contributed by atoms with Gasteiger partial charge in [0.15, 0.2) is 54.0 Å². The van der Waals surface area contributed by atoms with Crippen LogP contribution in [0.15, 0.2) is 30.3 Å². The van der Waals surface area contributed by atoms with E-state index in [1.165, 1.54) is 4.90 Å². The van der Waals surface area contributed by atoms with Crippen LogP contribution in [-0.4, -0.2) is 279 Å². The van der Waals surface area contributed by atoms with Gasteiger partial charge in [-0.05, 0) is 44.1 Å². The summed E-state index contributed by atoms with van der Waals surface area (Å²) in [6, 6.07) is 3.10. The van der Waals surface area contributed by atoms with Crippen molar-refractivity contribution in [2.45, 2.75) is 283 Å². The highest BCUT2D eigenvalue weighted by molar-refractivity contribution is 5.91. The first-order chi connectivity index (χ1) is 57.1. The Bertz CT molecular complexity index is 3690. The van der Waals surface area contributed by atoms with Gasteiger partial charge >= 0.3 is 59.7 Å². The minimum atomic E-state index is -1.66. The van der Waals surface area contributed by atoms with E-state index in [9.17, 15) is 101 Å². The van der Waals surface area contributed by atoms with E-state index < -0.39 is 280 Å². The lowest BCUT2D eigenvalue weighted by Gasteiger charge is -2.44. The van der Waals surface area contributed by atoms with E-state index in [1.807, 2.05) is 6.07 Å². The fourth-order valence-corrected chi connectivity index (χ4v) is 13.4. The lowest BCUT2D eigenvalue weighted by atomic mass is 9.88. The number of carbonyl (C=O) groups is 21. The van der Waals surface area contributed by atoms with Crippen LogP contribution in [0.25, 0.3) is 0 Å². The van der Waals surface area contributed by atoms with Crippen LogP contribution in [0.3, 0.4) is 0 Å². The number of carbonyl (C=O) groups excluding carboxylic acids is 21. The Labute approximate surface area is 698 Å². The molecule has 42 heteroatoms. The Morgan fingerprint density at radius 1 is 0.355 bits per heavy atom. The molecular weight excluding hydrogens is 1600 g/mol. The maximum Gasteiger partial charge on any atom is 0.306 e. The van der Waals surface area contributed by atoms with Crippen molar-refractivity contribution in [2.24, 2.45) is 0 Å². The highest BCUT2D eigenvalue weighted by Crippen LogP contribution is 2.33. The lowest BCUT2D eigenvalue weighted by Crippen LogP contribution is -2.67. The van der Waals surface area contributed by atoms with Crippen LogP contribution >= 0.6 is 0 Å². The third-order valence-electron chi connectivity index (χ3n) is 18.4. The van der Waals surface area contributed by atoms with Gasteiger partial charge in [0.05, 0.1) is 0 Å². The van der Waals surface area contributed by atoms with Gasteiger partial charge in [-0.3, -0.25) is 101 Å². The van der Waals surface area contributed by atoms with Gasteiger partial charge in [-0.25, -0.2) is 0 Å². The zero-order chi connectivity index (χ0) is 90.2. The van der Waals surface area contributed by atoms with Gasteiger partial charge < -0.3 is 104 Å². The molecule has 121 heavy (non-hydrogen) atoms. The van der Waals surface area contributed by atoms with Crippen molar-refractivity contribution in [3.8, 4) is 0 Å². The maximum absolute atomic E-state index is 14.6. The second kappa shape index (κ2) is 52.6. The molecule has 4 rings (SSSR count). The summed E-state index contributed by atoms with van der Waals surface area (Å²) >= 11 is 0. The first kappa shape index (κ1) is 102. The topological polar surface area (TPSA) is 566 Å². The Balaban J connectivity index is 1.60. The Morgan fingerprint density at radius 3 is 1.04 bits per heavy atom. The van der Waals surface area contributed by atoms with Crippen molar-refractivity contribution in [1.82, 2.24) is 42.1 Å². The Kier molecular flexibility index (Phi) is 44.3. The third-order valence-corrected chi connectivity index (χ3v) is 18.4. The van der Waals surface area contributed by atoms with Crippen molar-refractivity contribution >= 4 is 124 Å². The van der Waals surface area contributed by atoms with Crippen LogP contribution in [0.1, 0.15) is 185 Å². The molecular formula is C79H112N8O34. The van der Waals surface area contributed by atoms with Gasteiger partial charge in [0.1, 0.15) is 87.2 Å². The van der Waals surface area contributed by atoms with Crippen LogP contribution in [0.5, 0.6) is 0 Å². The molecule has 1 aromatic carbocycles. The summed E-state index contributed by atoms with van der Waals surface area (Å²) in [5.74, 6) is -16.2. The normalized spacial score (nSPS) is 22.3. The van der Waals surface area contributed by atoms with Gasteiger partial charge in [-0.1, -0.05) is 36.8 Å². The summed E-state index contributed by atoms with van der Waals surface area (Å²) in [6.45, 7) is 9.76. The van der Waals surface area contributed by atoms with Crippen LogP contribution in [0.2, 0.25) is 0 Å². The minimum Gasteiger partial charge on any atom is -0.463 e. The fraction of sp³-hybridized carbons (Fsp3) is 0.658. The number of ketones is 3. The van der Waals surface area contributed by atoms with Crippen molar-refractivity contribution < 1.29 is 162 Å². The van der Waals surface area contributed by atoms with Crippen molar-refractivity contribution in [3.05, 3.63) is 35.9 Å². The summed E-state index contributed by atoms with van der Waals surface area (Å²) in [5, 5.41) is 18.2. The van der Waals surface area contributed by atoms with Crippen LogP contribution in [0.4, 0.5) is 0 Å². The van der Waals surface area contributed by atoms with E-state index in [0.717, 1.165) is 88.6 Å². The number of nitrogens with zero attached hydrogens (tertiary/aromatic N) is 1. The number of ether oxygens (including phenoxy) is 13. The maximum atomic E-state index is 14.6. The zero-order valence-electron chi connectivity index (χ0n) is 69.9. The van der Waals surface area contributed by atoms with Gasteiger partial charge in [-0.15, -0.1) is 0 Å². The second-order valence-electron chi connectivity index (χ2n) is 28.8. The number of hydrogen-bond donors (Lipinski definition) is 7. The monoisotopic (exact) mass is 1720 g/mol. The number of nitrogens with one attached hydrogen (secondary N) is 7. The van der Waals surface area contributed by atoms with Gasteiger partial charge in [-0.2, -0.15) is 0 Å².